The maximum Gasteiger partial charge on any atom is 0.162 e. The number of nitrogens with zero attached hydrogens (tertiary/aromatic N) is 5. The first-order chi connectivity index (χ1) is 31.0. The Bertz CT molecular complexity index is 3340. The molecule has 63 heavy (non-hydrogen) atoms. The molecular formula is C58H41N5. The number of hydrogen-bond acceptors (Lipinski definition) is 4. The van der Waals surface area contributed by atoms with Gasteiger partial charge in [-0.1, -0.05) is 169 Å². The average Bonchev–Trinajstić information content (AvgIpc) is 3.68. The Kier molecular flexibility index (Phi) is 9.55. The van der Waals surface area contributed by atoms with Crippen LogP contribution >= 0.6 is 0 Å². The van der Waals surface area contributed by atoms with Gasteiger partial charge in [-0.2, -0.15) is 0 Å². The molecule has 0 bridgehead atoms. The van der Waals surface area contributed by atoms with Crippen molar-refractivity contribution in [1.82, 2.24) is 24.5 Å². The minimum absolute atomic E-state index is 0.604. The zero-order chi connectivity index (χ0) is 42.3. The van der Waals surface area contributed by atoms with Crippen LogP contribution in [0.5, 0.6) is 0 Å². The molecule has 0 unspecified atom stereocenters. The minimum Gasteiger partial charge on any atom is -0.309 e. The highest BCUT2D eigenvalue weighted by atomic mass is 15.0. The summed E-state index contributed by atoms with van der Waals surface area (Å²) in [5.74, 6) is 1.22. The van der Waals surface area contributed by atoms with Crippen molar-refractivity contribution in [2.75, 3.05) is 0 Å². The van der Waals surface area contributed by atoms with Gasteiger partial charge in [-0.25, -0.2) is 19.9 Å². The van der Waals surface area contributed by atoms with E-state index in [9.17, 15) is 0 Å². The maximum absolute atomic E-state index is 5.40. The SMILES string of the molecule is Cc1ccc(-c2ccc3c(c2)c2ccccc2n3-c2ccc(-c3nc(-c4ccccc4)cc(-c4ccccc4)n3)cc2-c2nc(-c3ccccc3)cc(-c3ccccc3)n2)c(C)c1. The number of aromatic nitrogens is 5. The monoisotopic (exact) mass is 807 g/mol. The summed E-state index contributed by atoms with van der Waals surface area (Å²) >= 11 is 0. The van der Waals surface area contributed by atoms with E-state index < -0.39 is 0 Å². The van der Waals surface area contributed by atoms with Gasteiger partial charge < -0.3 is 4.57 Å². The van der Waals surface area contributed by atoms with Gasteiger partial charge in [0, 0.05) is 44.2 Å². The predicted molar refractivity (Wildman–Crippen MR) is 259 cm³/mol. The van der Waals surface area contributed by atoms with Crippen LogP contribution in [0.25, 0.3) is 106 Å². The number of rotatable bonds is 8. The van der Waals surface area contributed by atoms with Crippen molar-refractivity contribution in [2.24, 2.45) is 0 Å². The van der Waals surface area contributed by atoms with Crippen LogP contribution in [0.2, 0.25) is 0 Å². The Hall–Kier alpha value is -8.28. The van der Waals surface area contributed by atoms with E-state index in [-0.39, 0.29) is 0 Å². The van der Waals surface area contributed by atoms with Crippen LogP contribution in [0, 0.1) is 13.8 Å². The summed E-state index contributed by atoms with van der Waals surface area (Å²) in [6.45, 7) is 4.34. The molecule has 5 nitrogen and oxygen atoms in total. The molecule has 0 spiro atoms. The Morgan fingerprint density at radius 1 is 0.317 bits per heavy atom. The van der Waals surface area contributed by atoms with E-state index >= 15 is 0 Å². The molecule has 0 aliphatic rings. The fraction of sp³-hybridized carbons (Fsp3) is 0.0345. The Balaban J connectivity index is 1.19. The molecule has 11 rings (SSSR count). The lowest BCUT2D eigenvalue weighted by atomic mass is 9.97. The summed E-state index contributed by atoms with van der Waals surface area (Å²) in [6.07, 6.45) is 0. The molecule has 3 heterocycles. The highest BCUT2D eigenvalue weighted by Crippen LogP contribution is 2.40. The molecule has 0 atom stereocenters. The molecule has 11 aromatic rings. The van der Waals surface area contributed by atoms with Gasteiger partial charge in [0.05, 0.1) is 39.5 Å². The van der Waals surface area contributed by atoms with E-state index in [1.54, 1.807) is 0 Å². The van der Waals surface area contributed by atoms with E-state index in [4.69, 9.17) is 19.9 Å². The smallest absolute Gasteiger partial charge is 0.162 e. The standard InChI is InChI=1S/C58H41N5/c1-38-27-30-46(39(2)33-38)44-28-31-55-48(34-44)47-25-15-16-26-54(47)63(55)56-32-29-45(57-59-50(40-17-7-3-8-18-40)36-51(60-57)41-19-9-4-10-20-41)35-49(56)58-61-52(42-21-11-5-12-22-42)37-53(62-58)43-23-13-6-14-24-43/h3-37H,1-2H3. The fourth-order valence-electron chi connectivity index (χ4n) is 8.76. The van der Waals surface area contributed by atoms with Crippen LogP contribution in [-0.2, 0) is 0 Å². The van der Waals surface area contributed by atoms with Gasteiger partial charge in [-0.3, -0.25) is 0 Å². The normalized spacial score (nSPS) is 11.3. The highest BCUT2D eigenvalue weighted by Gasteiger charge is 2.22. The third-order valence-corrected chi connectivity index (χ3v) is 11.8. The van der Waals surface area contributed by atoms with Gasteiger partial charge in [0.1, 0.15) is 0 Å². The van der Waals surface area contributed by atoms with Gasteiger partial charge >= 0.3 is 0 Å². The van der Waals surface area contributed by atoms with Crippen molar-refractivity contribution >= 4 is 21.8 Å². The first kappa shape index (κ1) is 37.7. The van der Waals surface area contributed by atoms with E-state index in [0.29, 0.717) is 11.6 Å². The fourth-order valence-corrected chi connectivity index (χ4v) is 8.76. The van der Waals surface area contributed by atoms with Gasteiger partial charge in [-0.15, -0.1) is 0 Å². The Morgan fingerprint density at radius 3 is 1.33 bits per heavy atom. The molecule has 0 saturated carbocycles. The van der Waals surface area contributed by atoms with Crippen LogP contribution < -0.4 is 0 Å². The molecule has 0 fully saturated rings. The van der Waals surface area contributed by atoms with Crippen molar-refractivity contribution in [3.63, 3.8) is 0 Å². The average molecular weight is 808 g/mol. The lowest BCUT2D eigenvalue weighted by molar-refractivity contribution is 1.13. The van der Waals surface area contributed by atoms with Gasteiger partial charge in [-0.05, 0) is 79.1 Å². The van der Waals surface area contributed by atoms with Crippen molar-refractivity contribution < 1.29 is 0 Å². The molecule has 298 valence electrons. The molecular weight excluding hydrogens is 767 g/mol. The topological polar surface area (TPSA) is 56.5 Å². The molecule has 0 radical (unpaired) electrons. The van der Waals surface area contributed by atoms with Crippen molar-refractivity contribution in [2.45, 2.75) is 13.8 Å². The summed E-state index contributed by atoms with van der Waals surface area (Å²) in [5.41, 5.74) is 17.2. The van der Waals surface area contributed by atoms with E-state index in [0.717, 1.165) is 72.9 Å². The number of hydrogen-bond donors (Lipinski definition) is 0. The molecule has 5 heteroatoms. The quantitative estimate of drug-likeness (QED) is 0.153. The number of aryl methyl sites for hydroxylation is 2. The van der Waals surface area contributed by atoms with E-state index in [1.807, 2.05) is 48.5 Å². The van der Waals surface area contributed by atoms with Crippen LogP contribution in [0.15, 0.2) is 212 Å². The lowest BCUT2D eigenvalue weighted by Gasteiger charge is -2.17. The molecule has 8 aromatic carbocycles. The van der Waals surface area contributed by atoms with Crippen molar-refractivity contribution in [1.29, 1.82) is 0 Å². The lowest BCUT2D eigenvalue weighted by Crippen LogP contribution is -2.03. The third kappa shape index (κ3) is 7.15. The zero-order valence-corrected chi connectivity index (χ0v) is 34.9. The zero-order valence-electron chi connectivity index (χ0n) is 34.9. The second kappa shape index (κ2) is 16.0. The molecule has 0 saturated heterocycles. The first-order valence-electron chi connectivity index (χ1n) is 21.3. The summed E-state index contributed by atoms with van der Waals surface area (Å²) in [5, 5.41) is 2.35. The third-order valence-electron chi connectivity index (χ3n) is 11.8. The predicted octanol–water partition coefficient (Wildman–Crippen LogP) is 14.6. The van der Waals surface area contributed by atoms with Gasteiger partial charge in [0.2, 0.25) is 0 Å². The number of para-hydroxylation sites is 1. The maximum atomic E-state index is 5.40. The van der Waals surface area contributed by atoms with E-state index in [1.165, 1.54) is 33.0 Å². The van der Waals surface area contributed by atoms with Crippen LogP contribution in [-0.4, -0.2) is 24.5 Å². The number of benzene rings is 8. The molecule has 0 N–H and O–H groups in total. The van der Waals surface area contributed by atoms with Gasteiger partial charge in [0.25, 0.3) is 0 Å². The Morgan fingerprint density at radius 2 is 0.794 bits per heavy atom. The summed E-state index contributed by atoms with van der Waals surface area (Å²) in [6, 6.07) is 74.2. The second-order valence-electron chi connectivity index (χ2n) is 16.0. The highest BCUT2D eigenvalue weighted by molar-refractivity contribution is 6.11. The first-order valence-corrected chi connectivity index (χ1v) is 21.3. The van der Waals surface area contributed by atoms with Gasteiger partial charge in [0.15, 0.2) is 11.6 Å². The number of fused-ring (bicyclic) bond motifs is 3. The molecule has 3 aromatic heterocycles. The largest absolute Gasteiger partial charge is 0.309 e. The van der Waals surface area contributed by atoms with Crippen LogP contribution in [0.1, 0.15) is 11.1 Å². The van der Waals surface area contributed by atoms with Crippen LogP contribution in [0.4, 0.5) is 0 Å². The van der Waals surface area contributed by atoms with Crippen molar-refractivity contribution in [3.05, 3.63) is 223 Å². The molecule has 0 amide bonds. The summed E-state index contributed by atoms with van der Waals surface area (Å²) in [4.78, 5) is 21.3. The summed E-state index contributed by atoms with van der Waals surface area (Å²) < 4.78 is 2.37. The minimum atomic E-state index is 0.604. The van der Waals surface area contributed by atoms with Crippen molar-refractivity contribution in [3.8, 4) is 84.6 Å². The Labute approximate surface area is 366 Å². The molecule has 0 aliphatic heterocycles. The second-order valence-corrected chi connectivity index (χ2v) is 16.0. The molecule has 0 aliphatic carbocycles. The van der Waals surface area contributed by atoms with E-state index in [2.05, 4.69) is 182 Å². The summed E-state index contributed by atoms with van der Waals surface area (Å²) in [7, 11) is 0. The van der Waals surface area contributed by atoms with Crippen LogP contribution in [0.3, 0.4) is 0 Å².